The van der Waals surface area contributed by atoms with Gasteiger partial charge >= 0.3 is 0 Å². The molecule has 0 amide bonds. The molecular weight excluding hydrogens is 239 g/mol. The third-order valence-corrected chi connectivity index (χ3v) is 1.66. The van der Waals surface area contributed by atoms with Crippen LogP contribution in [0.25, 0.3) is 0 Å². The van der Waals surface area contributed by atoms with Crippen molar-refractivity contribution in [1.82, 2.24) is 0 Å². The van der Waals surface area contributed by atoms with Crippen LogP contribution in [0.2, 0.25) is 0 Å². The van der Waals surface area contributed by atoms with Crippen molar-refractivity contribution >= 4 is 22.6 Å². The van der Waals surface area contributed by atoms with Crippen molar-refractivity contribution in [3.05, 3.63) is 12.2 Å². The van der Waals surface area contributed by atoms with Crippen molar-refractivity contribution in [2.45, 2.75) is 26.2 Å². The summed E-state index contributed by atoms with van der Waals surface area (Å²) >= 11 is 2.22. The summed E-state index contributed by atoms with van der Waals surface area (Å²) in [4.78, 5) is 0. The molecule has 0 radical (unpaired) electrons. The fourth-order valence-electron chi connectivity index (χ4n) is 0.688. The summed E-state index contributed by atoms with van der Waals surface area (Å²) < 4.78 is 6.00. The number of halogens is 1. The van der Waals surface area contributed by atoms with Crippen LogP contribution < -0.4 is 0 Å². The van der Waals surface area contributed by atoms with Crippen LogP contribution in [0.15, 0.2) is 12.2 Å². The molecule has 2 heteroatoms. The van der Waals surface area contributed by atoms with E-state index in [0.29, 0.717) is 0 Å². The number of hydrogen-bond donors (Lipinski definition) is 0. The van der Waals surface area contributed by atoms with Gasteiger partial charge in [-0.25, -0.2) is 0 Å². The second-order valence-electron chi connectivity index (χ2n) is 2.08. The third kappa shape index (κ3) is 8.43. The molecule has 0 saturated heterocycles. The Balaban J connectivity index is 2.77. The number of hydrogen-bond acceptors (Lipinski definition) is 1. The van der Waals surface area contributed by atoms with Crippen LogP contribution >= 0.6 is 22.6 Å². The maximum Gasteiger partial charge on any atom is 0.0979 e. The highest BCUT2D eigenvalue weighted by Gasteiger charge is 1.84. The summed E-state index contributed by atoms with van der Waals surface area (Å²) in [5.74, 6) is 0. The monoisotopic (exact) mass is 254 g/mol. The van der Waals surface area contributed by atoms with Crippen LogP contribution in [0, 0.1) is 0 Å². The van der Waals surface area contributed by atoms with Gasteiger partial charge in [-0.2, -0.15) is 0 Å². The molecule has 0 saturated carbocycles. The zero-order valence-electron chi connectivity index (χ0n) is 6.48. The quantitative estimate of drug-likeness (QED) is 0.306. The van der Waals surface area contributed by atoms with E-state index >= 15 is 0 Å². The maximum absolute atomic E-state index is 5.18. The van der Waals surface area contributed by atoms with E-state index in [1.54, 1.807) is 0 Å². The normalized spacial score (nSPS) is 11.0. The molecule has 0 aromatic carbocycles. The molecule has 0 aliphatic heterocycles. The number of rotatable bonds is 6. The first-order chi connectivity index (χ1) is 4.91. The SMILES string of the molecule is C/C=C/CCCCOCI. The molecule has 0 heterocycles. The third-order valence-electron chi connectivity index (χ3n) is 1.22. The van der Waals surface area contributed by atoms with E-state index in [2.05, 4.69) is 41.7 Å². The topological polar surface area (TPSA) is 9.23 Å². The Hall–Kier alpha value is 0.430. The van der Waals surface area contributed by atoms with Gasteiger partial charge in [-0.3, -0.25) is 0 Å². The zero-order chi connectivity index (χ0) is 7.66. The second-order valence-corrected chi connectivity index (χ2v) is 2.70. The average Bonchev–Trinajstić information content (AvgIpc) is 1.97. The predicted molar refractivity (Wildman–Crippen MR) is 53.5 cm³/mol. The van der Waals surface area contributed by atoms with Gasteiger partial charge < -0.3 is 4.74 Å². The smallest absolute Gasteiger partial charge is 0.0979 e. The van der Waals surface area contributed by atoms with Crippen molar-refractivity contribution in [3.8, 4) is 0 Å². The van der Waals surface area contributed by atoms with E-state index in [0.717, 1.165) is 11.2 Å². The highest BCUT2D eigenvalue weighted by Crippen LogP contribution is 1.97. The molecule has 0 aromatic rings. The molecule has 10 heavy (non-hydrogen) atoms. The summed E-state index contributed by atoms with van der Waals surface area (Å²) in [5.41, 5.74) is 0. The average molecular weight is 254 g/mol. The number of alkyl halides is 1. The van der Waals surface area contributed by atoms with Crippen LogP contribution in [-0.4, -0.2) is 11.2 Å². The van der Waals surface area contributed by atoms with Gasteiger partial charge in [0.25, 0.3) is 0 Å². The molecule has 0 aliphatic rings. The summed E-state index contributed by atoms with van der Waals surface area (Å²) in [5, 5.41) is 0. The molecule has 0 spiro atoms. The summed E-state index contributed by atoms with van der Waals surface area (Å²) in [6, 6.07) is 0. The molecule has 1 nitrogen and oxygen atoms in total. The number of unbranched alkanes of at least 4 members (excludes halogenated alkanes) is 2. The van der Waals surface area contributed by atoms with Crippen molar-refractivity contribution in [2.75, 3.05) is 11.2 Å². The lowest BCUT2D eigenvalue weighted by Crippen LogP contribution is -1.90. The van der Waals surface area contributed by atoms with Crippen LogP contribution in [0.4, 0.5) is 0 Å². The molecule has 0 bridgehead atoms. The molecule has 0 atom stereocenters. The van der Waals surface area contributed by atoms with Crippen molar-refractivity contribution < 1.29 is 4.74 Å². The van der Waals surface area contributed by atoms with Crippen LogP contribution in [-0.2, 0) is 4.74 Å². The lowest BCUT2D eigenvalue weighted by atomic mass is 10.2. The minimum absolute atomic E-state index is 0.821. The van der Waals surface area contributed by atoms with Gasteiger partial charge in [0.2, 0.25) is 0 Å². The van der Waals surface area contributed by atoms with Crippen molar-refractivity contribution in [3.63, 3.8) is 0 Å². The Morgan fingerprint density at radius 3 is 2.80 bits per heavy atom. The fourth-order valence-corrected chi connectivity index (χ4v) is 0.999. The van der Waals surface area contributed by atoms with Gasteiger partial charge in [0.15, 0.2) is 0 Å². The molecular formula is C8H15IO. The first-order valence-electron chi connectivity index (χ1n) is 3.66. The predicted octanol–water partition coefficient (Wildman–Crippen LogP) is 3.14. The molecule has 0 fully saturated rings. The van der Waals surface area contributed by atoms with E-state index in [4.69, 9.17) is 4.74 Å². The van der Waals surface area contributed by atoms with E-state index < -0.39 is 0 Å². The van der Waals surface area contributed by atoms with E-state index in [9.17, 15) is 0 Å². The molecule has 0 aromatic heterocycles. The Morgan fingerprint density at radius 1 is 1.40 bits per heavy atom. The summed E-state index contributed by atoms with van der Waals surface area (Å²) in [6.07, 6.45) is 7.93. The Morgan fingerprint density at radius 2 is 2.20 bits per heavy atom. The first kappa shape index (κ1) is 10.4. The second kappa shape index (κ2) is 9.43. The van der Waals surface area contributed by atoms with E-state index in [1.807, 2.05) is 0 Å². The van der Waals surface area contributed by atoms with E-state index in [-0.39, 0.29) is 0 Å². The summed E-state index contributed by atoms with van der Waals surface area (Å²) in [6.45, 7) is 2.97. The van der Waals surface area contributed by atoms with Crippen LogP contribution in [0.1, 0.15) is 26.2 Å². The standard InChI is InChI=1S/C8H15IO/c1-2-3-4-5-6-7-10-8-9/h2-3H,4-8H2,1H3/b3-2+. The molecule has 0 rings (SSSR count). The number of ether oxygens (including phenoxy) is 1. The minimum Gasteiger partial charge on any atom is -0.371 e. The van der Waals surface area contributed by atoms with Gasteiger partial charge in [0, 0.05) is 6.61 Å². The Kier molecular flexibility index (Phi) is 9.84. The fraction of sp³-hybridized carbons (Fsp3) is 0.750. The van der Waals surface area contributed by atoms with E-state index in [1.165, 1.54) is 19.3 Å². The highest BCUT2D eigenvalue weighted by molar-refractivity contribution is 14.1. The zero-order valence-corrected chi connectivity index (χ0v) is 8.63. The molecule has 60 valence electrons. The molecule has 0 aliphatic carbocycles. The molecule has 0 N–H and O–H groups in total. The summed E-state index contributed by atoms with van der Waals surface area (Å²) in [7, 11) is 0. The largest absolute Gasteiger partial charge is 0.371 e. The Bertz CT molecular complexity index is 81.3. The number of allylic oxidation sites excluding steroid dienone is 2. The highest BCUT2D eigenvalue weighted by atomic mass is 127. The van der Waals surface area contributed by atoms with Gasteiger partial charge in [0.05, 0.1) is 4.61 Å². The van der Waals surface area contributed by atoms with Crippen molar-refractivity contribution in [2.24, 2.45) is 0 Å². The Labute approximate surface area is 77.0 Å². The van der Waals surface area contributed by atoms with Gasteiger partial charge in [-0.05, 0) is 26.2 Å². The minimum atomic E-state index is 0.821. The van der Waals surface area contributed by atoms with Crippen molar-refractivity contribution in [1.29, 1.82) is 0 Å². The maximum atomic E-state index is 5.18. The molecule has 0 unspecified atom stereocenters. The van der Waals surface area contributed by atoms with Crippen LogP contribution in [0.5, 0.6) is 0 Å². The first-order valence-corrected chi connectivity index (χ1v) is 5.19. The van der Waals surface area contributed by atoms with Crippen LogP contribution in [0.3, 0.4) is 0 Å². The lowest BCUT2D eigenvalue weighted by molar-refractivity contribution is 0.185. The van der Waals surface area contributed by atoms with Gasteiger partial charge in [-0.1, -0.05) is 34.7 Å². The van der Waals surface area contributed by atoms with Gasteiger partial charge in [0.1, 0.15) is 0 Å². The lowest BCUT2D eigenvalue weighted by Gasteiger charge is -1.96. The van der Waals surface area contributed by atoms with Gasteiger partial charge in [-0.15, -0.1) is 0 Å².